The Morgan fingerprint density at radius 1 is 0.969 bits per heavy atom. The smallest absolute Gasteiger partial charge is 0.338 e. The molecule has 0 saturated heterocycles. The van der Waals surface area contributed by atoms with E-state index < -0.39 is 5.60 Å². The van der Waals surface area contributed by atoms with Crippen molar-refractivity contribution in [3.8, 4) is 6.01 Å². The van der Waals surface area contributed by atoms with E-state index in [1.807, 2.05) is 64.1 Å². The van der Waals surface area contributed by atoms with Gasteiger partial charge in [0, 0.05) is 18.7 Å². The Balaban J connectivity index is 1.72. The van der Waals surface area contributed by atoms with Gasteiger partial charge in [0.1, 0.15) is 11.4 Å². The Kier molecular flexibility index (Phi) is 7.25. The van der Waals surface area contributed by atoms with Crippen LogP contribution in [0, 0.1) is 0 Å². The van der Waals surface area contributed by atoms with Crippen molar-refractivity contribution in [2.45, 2.75) is 46.3 Å². The second-order valence-corrected chi connectivity index (χ2v) is 8.26. The van der Waals surface area contributed by atoms with Crippen molar-refractivity contribution in [3.63, 3.8) is 0 Å². The fraction of sp³-hybridized carbons (Fsp3) is 0.333. The topological polar surface area (TPSA) is 112 Å². The van der Waals surface area contributed by atoms with Crippen LogP contribution in [-0.4, -0.2) is 33.1 Å². The van der Waals surface area contributed by atoms with Crippen LogP contribution in [0.2, 0.25) is 0 Å². The third-order valence-electron chi connectivity index (χ3n) is 4.32. The molecule has 1 heterocycles. The van der Waals surface area contributed by atoms with Gasteiger partial charge in [0.2, 0.25) is 5.95 Å². The number of anilines is 2. The number of nitrogens with zero attached hydrogens (tertiary/aromatic N) is 3. The van der Waals surface area contributed by atoms with Gasteiger partial charge in [-0.2, -0.15) is 15.0 Å². The SMILES string of the molecule is CCOc1nc(Cc2ccc(C(=O)OC(C)(C)C)cc2)nc(NCc2ccc(N)cc2)n1. The normalized spacial score (nSPS) is 11.1. The van der Waals surface area contributed by atoms with Crippen molar-refractivity contribution in [1.82, 2.24) is 15.0 Å². The number of nitrogens with one attached hydrogen (secondary N) is 1. The van der Waals surface area contributed by atoms with E-state index in [0.29, 0.717) is 42.6 Å². The molecule has 0 radical (unpaired) electrons. The molecule has 0 fully saturated rings. The van der Waals surface area contributed by atoms with Crippen LogP contribution >= 0.6 is 0 Å². The van der Waals surface area contributed by atoms with Crippen LogP contribution in [0.5, 0.6) is 6.01 Å². The lowest BCUT2D eigenvalue weighted by Crippen LogP contribution is -2.23. The molecular weight excluding hydrogens is 406 g/mol. The number of benzene rings is 2. The number of aromatic nitrogens is 3. The van der Waals surface area contributed by atoms with Gasteiger partial charge < -0.3 is 20.5 Å². The monoisotopic (exact) mass is 435 g/mol. The second-order valence-electron chi connectivity index (χ2n) is 8.26. The highest BCUT2D eigenvalue weighted by Crippen LogP contribution is 2.16. The Hall–Kier alpha value is -3.68. The quantitative estimate of drug-likeness (QED) is 0.403. The molecular formula is C24H29N5O3. The molecule has 1 aromatic heterocycles. The van der Waals surface area contributed by atoms with E-state index in [1.165, 1.54) is 0 Å². The molecule has 2 aromatic carbocycles. The first-order valence-electron chi connectivity index (χ1n) is 10.5. The molecule has 8 heteroatoms. The van der Waals surface area contributed by atoms with Gasteiger partial charge in [-0.15, -0.1) is 0 Å². The van der Waals surface area contributed by atoms with E-state index in [1.54, 1.807) is 12.1 Å². The van der Waals surface area contributed by atoms with Crippen LogP contribution in [-0.2, 0) is 17.7 Å². The average Bonchev–Trinajstić information content (AvgIpc) is 2.73. The molecule has 0 bridgehead atoms. The summed E-state index contributed by atoms with van der Waals surface area (Å²) in [6.45, 7) is 8.39. The number of hydrogen-bond acceptors (Lipinski definition) is 8. The maximum absolute atomic E-state index is 12.2. The Bertz CT molecular complexity index is 1040. The minimum absolute atomic E-state index is 0.266. The maximum atomic E-state index is 12.2. The summed E-state index contributed by atoms with van der Waals surface area (Å²) >= 11 is 0. The molecule has 0 atom stereocenters. The Morgan fingerprint density at radius 3 is 2.25 bits per heavy atom. The van der Waals surface area contributed by atoms with Crippen LogP contribution in [0.15, 0.2) is 48.5 Å². The first-order valence-corrected chi connectivity index (χ1v) is 10.5. The summed E-state index contributed by atoms with van der Waals surface area (Å²) in [6, 6.07) is 15.1. The van der Waals surface area contributed by atoms with Gasteiger partial charge >= 0.3 is 12.0 Å². The van der Waals surface area contributed by atoms with Crippen LogP contribution in [0.4, 0.5) is 11.6 Å². The first-order chi connectivity index (χ1) is 15.2. The van der Waals surface area contributed by atoms with Gasteiger partial charge in [-0.1, -0.05) is 24.3 Å². The summed E-state index contributed by atoms with van der Waals surface area (Å²) in [6.07, 6.45) is 0.466. The molecule has 0 saturated carbocycles. The molecule has 0 aliphatic heterocycles. The minimum atomic E-state index is -0.536. The van der Waals surface area contributed by atoms with Crippen molar-refractivity contribution in [2.24, 2.45) is 0 Å². The van der Waals surface area contributed by atoms with E-state index in [4.69, 9.17) is 15.2 Å². The molecule has 3 aromatic rings. The highest BCUT2D eigenvalue weighted by Gasteiger charge is 2.18. The third-order valence-corrected chi connectivity index (χ3v) is 4.32. The van der Waals surface area contributed by atoms with E-state index in [-0.39, 0.29) is 12.0 Å². The summed E-state index contributed by atoms with van der Waals surface area (Å²) in [4.78, 5) is 25.5. The predicted molar refractivity (Wildman–Crippen MR) is 124 cm³/mol. The van der Waals surface area contributed by atoms with Crippen molar-refractivity contribution in [3.05, 3.63) is 71.0 Å². The number of hydrogen-bond donors (Lipinski definition) is 2. The van der Waals surface area contributed by atoms with E-state index in [9.17, 15) is 4.79 Å². The highest BCUT2D eigenvalue weighted by atomic mass is 16.6. The molecule has 0 spiro atoms. The van der Waals surface area contributed by atoms with Crippen LogP contribution in [0.1, 0.15) is 55.0 Å². The molecule has 0 aliphatic carbocycles. The van der Waals surface area contributed by atoms with Gasteiger partial charge in [0.15, 0.2) is 0 Å². The molecule has 32 heavy (non-hydrogen) atoms. The number of rotatable bonds is 8. The molecule has 0 unspecified atom stereocenters. The molecule has 0 amide bonds. The maximum Gasteiger partial charge on any atom is 0.338 e. The fourth-order valence-corrected chi connectivity index (χ4v) is 2.84. The standard InChI is InChI=1S/C24H29N5O3/c1-5-31-23-28-20(27-22(29-23)26-15-17-8-12-19(25)13-9-17)14-16-6-10-18(11-7-16)21(30)32-24(2,3)4/h6-13H,5,14-15,25H2,1-4H3,(H,26,27,28,29). The average molecular weight is 436 g/mol. The lowest BCUT2D eigenvalue weighted by Gasteiger charge is -2.19. The lowest BCUT2D eigenvalue weighted by atomic mass is 10.1. The largest absolute Gasteiger partial charge is 0.464 e. The Labute approximate surface area is 188 Å². The summed E-state index contributed by atoms with van der Waals surface area (Å²) < 4.78 is 10.9. The molecule has 8 nitrogen and oxygen atoms in total. The number of carbonyl (C=O) groups is 1. The van der Waals surface area contributed by atoms with E-state index in [0.717, 1.165) is 11.1 Å². The zero-order chi connectivity index (χ0) is 23.1. The Morgan fingerprint density at radius 2 is 1.62 bits per heavy atom. The van der Waals surface area contributed by atoms with Gasteiger partial charge in [0.05, 0.1) is 12.2 Å². The molecule has 3 N–H and O–H groups in total. The van der Waals surface area contributed by atoms with Crippen molar-refractivity contribution in [1.29, 1.82) is 0 Å². The second kappa shape index (κ2) is 10.1. The fourth-order valence-electron chi connectivity index (χ4n) is 2.84. The first kappa shape index (κ1) is 23.0. The lowest BCUT2D eigenvalue weighted by molar-refractivity contribution is 0.00695. The number of carbonyl (C=O) groups excluding carboxylic acids is 1. The number of nitrogens with two attached hydrogens (primary N) is 1. The van der Waals surface area contributed by atoms with Crippen molar-refractivity contribution in [2.75, 3.05) is 17.7 Å². The van der Waals surface area contributed by atoms with Crippen LogP contribution in [0.25, 0.3) is 0 Å². The van der Waals surface area contributed by atoms with E-state index in [2.05, 4.69) is 20.3 Å². The number of esters is 1. The van der Waals surface area contributed by atoms with Crippen LogP contribution in [0.3, 0.4) is 0 Å². The summed E-state index contributed by atoms with van der Waals surface area (Å²) in [5.41, 5.74) is 8.42. The third kappa shape index (κ3) is 6.94. The van der Waals surface area contributed by atoms with E-state index >= 15 is 0 Å². The molecule has 0 aliphatic rings. The van der Waals surface area contributed by atoms with Crippen LogP contribution < -0.4 is 15.8 Å². The minimum Gasteiger partial charge on any atom is -0.464 e. The summed E-state index contributed by atoms with van der Waals surface area (Å²) in [5, 5.41) is 3.21. The number of ether oxygens (including phenoxy) is 2. The summed E-state index contributed by atoms with van der Waals surface area (Å²) in [5.74, 6) is 0.644. The van der Waals surface area contributed by atoms with Gasteiger partial charge in [0.25, 0.3) is 0 Å². The van der Waals surface area contributed by atoms with Crippen molar-refractivity contribution < 1.29 is 14.3 Å². The number of nitrogen functional groups attached to an aromatic ring is 1. The summed E-state index contributed by atoms with van der Waals surface area (Å²) in [7, 11) is 0. The predicted octanol–water partition coefficient (Wildman–Crippen LogP) is 4.01. The zero-order valence-corrected chi connectivity index (χ0v) is 18.9. The van der Waals surface area contributed by atoms with Gasteiger partial charge in [-0.05, 0) is 63.1 Å². The van der Waals surface area contributed by atoms with Gasteiger partial charge in [-0.3, -0.25) is 0 Å². The van der Waals surface area contributed by atoms with Crippen molar-refractivity contribution >= 4 is 17.6 Å². The molecule has 168 valence electrons. The molecule has 3 rings (SSSR count). The van der Waals surface area contributed by atoms with Gasteiger partial charge in [-0.25, -0.2) is 4.79 Å². The zero-order valence-electron chi connectivity index (χ0n) is 18.9. The highest BCUT2D eigenvalue weighted by molar-refractivity contribution is 5.89.